The van der Waals surface area contributed by atoms with Gasteiger partial charge in [0.15, 0.2) is 5.82 Å². The number of nitrogens with zero attached hydrogens (tertiary/aromatic N) is 2. The van der Waals surface area contributed by atoms with Gasteiger partial charge in [0.1, 0.15) is 10.8 Å². The quantitative estimate of drug-likeness (QED) is 0.708. The molecule has 2 heterocycles. The lowest BCUT2D eigenvalue weighted by molar-refractivity contribution is -0.115. The minimum Gasteiger partial charge on any atom is -0.360 e. The van der Waals surface area contributed by atoms with E-state index >= 15 is 0 Å². The highest BCUT2D eigenvalue weighted by Gasteiger charge is 2.16. The second-order valence-electron chi connectivity index (χ2n) is 5.28. The summed E-state index contributed by atoms with van der Waals surface area (Å²) in [6.07, 6.45) is 0. The number of hydrogen-bond acceptors (Lipinski definition) is 6. The number of thiazole rings is 1. The van der Waals surface area contributed by atoms with E-state index in [0.29, 0.717) is 17.3 Å². The first-order valence-corrected chi connectivity index (χ1v) is 9.40. The van der Waals surface area contributed by atoms with E-state index in [1.807, 2.05) is 42.6 Å². The van der Waals surface area contributed by atoms with Gasteiger partial charge in [0.25, 0.3) is 0 Å². The molecule has 0 spiro atoms. The molecule has 0 aliphatic heterocycles. The van der Waals surface area contributed by atoms with Gasteiger partial charge < -0.3 is 9.84 Å². The molecule has 0 fully saturated rings. The highest BCUT2D eigenvalue weighted by molar-refractivity contribution is 7.99. The SMILES string of the molecule is Cc1cc(NC(=O)C(C)SCc2csc(-c3ccccc3)n2)no1. The Kier molecular flexibility index (Phi) is 5.32. The molecule has 5 nitrogen and oxygen atoms in total. The number of rotatable bonds is 6. The predicted molar refractivity (Wildman–Crippen MR) is 98.2 cm³/mol. The van der Waals surface area contributed by atoms with E-state index in [0.717, 1.165) is 16.3 Å². The smallest absolute Gasteiger partial charge is 0.238 e. The number of nitrogens with one attached hydrogen (secondary N) is 1. The number of anilines is 1. The maximum atomic E-state index is 12.1. The number of thioether (sulfide) groups is 1. The lowest BCUT2D eigenvalue weighted by atomic mass is 10.2. The second-order valence-corrected chi connectivity index (χ2v) is 7.46. The van der Waals surface area contributed by atoms with Crippen LogP contribution in [0.5, 0.6) is 0 Å². The molecule has 1 N–H and O–H groups in total. The topological polar surface area (TPSA) is 68.0 Å². The summed E-state index contributed by atoms with van der Waals surface area (Å²) < 4.78 is 4.94. The van der Waals surface area contributed by atoms with E-state index in [1.165, 1.54) is 0 Å². The molecular weight excluding hydrogens is 342 g/mol. The molecule has 3 rings (SSSR count). The van der Waals surface area contributed by atoms with Crippen molar-refractivity contribution in [3.63, 3.8) is 0 Å². The zero-order valence-electron chi connectivity index (χ0n) is 13.4. The number of amides is 1. The predicted octanol–water partition coefficient (Wildman–Crippen LogP) is 4.37. The highest BCUT2D eigenvalue weighted by atomic mass is 32.2. The maximum Gasteiger partial charge on any atom is 0.238 e. The molecule has 0 aliphatic rings. The summed E-state index contributed by atoms with van der Waals surface area (Å²) in [4.78, 5) is 16.8. The number of aromatic nitrogens is 2. The zero-order chi connectivity index (χ0) is 16.9. The van der Waals surface area contributed by atoms with Crippen LogP contribution in [0.4, 0.5) is 5.82 Å². The third-order valence-electron chi connectivity index (χ3n) is 3.30. The van der Waals surface area contributed by atoms with Gasteiger partial charge in [0.05, 0.1) is 10.9 Å². The Morgan fingerprint density at radius 1 is 1.38 bits per heavy atom. The summed E-state index contributed by atoms with van der Waals surface area (Å²) in [6, 6.07) is 11.8. The number of aryl methyl sites for hydroxylation is 1. The number of hydrogen-bond donors (Lipinski definition) is 1. The summed E-state index contributed by atoms with van der Waals surface area (Å²) >= 11 is 3.17. The third kappa shape index (κ3) is 4.24. The fourth-order valence-electron chi connectivity index (χ4n) is 2.03. The third-order valence-corrected chi connectivity index (χ3v) is 5.42. The molecule has 0 saturated carbocycles. The maximum absolute atomic E-state index is 12.1. The van der Waals surface area contributed by atoms with Crippen LogP contribution in [0.2, 0.25) is 0 Å². The Morgan fingerprint density at radius 3 is 2.88 bits per heavy atom. The molecule has 124 valence electrons. The Morgan fingerprint density at radius 2 is 2.17 bits per heavy atom. The summed E-state index contributed by atoms with van der Waals surface area (Å²) in [5.74, 6) is 1.72. The van der Waals surface area contributed by atoms with E-state index in [9.17, 15) is 4.79 Å². The summed E-state index contributed by atoms with van der Waals surface area (Å²) in [5, 5.41) is 9.35. The van der Waals surface area contributed by atoms with E-state index in [2.05, 4.69) is 15.5 Å². The molecule has 24 heavy (non-hydrogen) atoms. The van der Waals surface area contributed by atoms with Crippen molar-refractivity contribution >= 4 is 34.8 Å². The molecule has 7 heteroatoms. The molecule has 1 unspecified atom stereocenters. The van der Waals surface area contributed by atoms with Gasteiger partial charge in [0, 0.05) is 22.8 Å². The van der Waals surface area contributed by atoms with Gasteiger partial charge >= 0.3 is 0 Å². The Hall–Kier alpha value is -2.12. The minimum absolute atomic E-state index is 0.0909. The monoisotopic (exact) mass is 359 g/mol. The summed E-state index contributed by atoms with van der Waals surface area (Å²) in [5.41, 5.74) is 2.10. The summed E-state index contributed by atoms with van der Waals surface area (Å²) in [7, 11) is 0. The van der Waals surface area contributed by atoms with Crippen molar-refractivity contribution in [2.24, 2.45) is 0 Å². The molecule has 1 amide bonds. The van der Waals surface area contributed by atoms with Gasteiger partial charge in [-0.15, -0.1) is 23.1 Å². The van der Waals surface area contributed by atoms with Crippen LogP contribution < -0.4 is 5.32 Å². The average Bonchev–Trinajstić information content (AvgIpc) is 3.22. The van der Waals surface area contributed by atoms with E-state index in [4.69, 9.17) is 4.52 Å². The Balaban J connectivity index is 1.53. The second kappa shape index (κ2) is 7.63. The standard InChI is InChI=1S/C17H17N3O2S2/c1-11-8-15(20-22-11)19-16(21)12(2)23-9-14-10-24-17(18-14)13-6-4-3-5-7-13/h3-8,10,12H,9H2,1-2H3,(H,19,20,21). The van der Waals surface area contributed by atoms with Crippen LogP contribution in [0.1, 0.15) is 18.4 Å². The average molecular weight is 359 g/mol. The first-order chi connectivity index (χ1) is 11.6. The fourth-order valence-corrected chi connectivity index (χ4v) is 3.74. The van der Waals surface area contributed by atoms with E-state index in [-0.39, 0.29) is 11.2 Å². The Bertz CT molecular complexity index is 814. The molecule has 2 aromatic heterocycles. The van der Waals surface area contributed by atoms with Crippen molar-refractivity contribution in [1.29, 1.82) is 0 Å². The van der Waals surface area contributed by atoms with Crippen LogP contribution in [-0.4, -0.2) is 21.3 Å². The van der Waals surface area contributed by atoms with E-state index in [1.54, 1.807) is 36.1 Å². The first-order valence-electron chi connectivity index (χ1n) is 7.47. The first kappa shape index (κ1) is 16.7. The molecule has 0 radical (unpaired) electrons. The lowest BCUT2D eigenvalue weighted by Crippen LogP contribution is -2.22. The van der Waals surface area contributed by atoms with Gasteiger partial charge in [0.2, 0.25) is 5.91 Å². The van der Waals surface area contributed by atoms with Crippen LogP contribution in [0.25, 0.3) is 10.6 Å². The molecule has 0 aliphatic carbocycles. The van der Waals surface area contributed by atoms with Gasteiger partial charge in [-0.05, 0) is 13.8 Å². The van der Waals surface area contributed by atoms with Crippen LogP contribution in [0, 0.1) is 6.92 Å². The zero-order valence-corrected chi connectivity index (χ0v) is 15.0. The highest BCUT2D eigenvalue weighted by Crippen LogP contribution is 2.26. The molecule has 0 bridgehead atoms. The van der Waals surface area contributed by atoms with Crippen molar-refractivity contribution in [3.05, 3.63) is 53.2 Å². The van der Waals surface area contributed by atoms with Crippen molar-refractivity contribution in [3.8, 4) is 10.6 Å². The number of carbonyl (C=O) groups excluding carboxylic acids is 1. The number of carbonyl (C=O) groups is 1. The van der Waals surface area contributed by atoms with Crippen molar-refractivity contribution in [2.75, 3.05) is 5.32 Å². The van der Waals surface area contributed by atoms with Crippen LogP contribution >= 0.6 is 23.1 Å². The molecule has 1 atom stereocenters. The van der Waals surface area contributed by atoms with Gasteiger partial charge in [-0.25, -0.2) is 4.98 Å². The van der Waals surface area contributed by atoms with Crippen LogP contribution in [-0.2, 0) is 10.5 Å². The lowest BCUT2D eigenvalue weighted by Gasteiger charge is -2.09. The van der Waals surface area contributed by atoms with Crippen molar-refractivity contribution in [2.45, 2.75) is 24.9 Å². The largest absolute Gasteiger partial charge is 0.360 e. The molecular formula is C17H17N3O2S2. The normalized spacial score (nSPS) is 12.1. The molecule has 3 aromatic rings. The van der Waals surface area contributed by atoms with Crippen LogP contribution in [0.15, 0.2) is 46.3 Å². The van der Waals surface area contributed by atoms with Crippen molar-refractivity contribution < 1.29 is 9.32 Å². The summed E-state index contributed by atoms with van der Waals surface area (Å²) in [6.45, 7) is 3.66. The Labute approximate surface area is 148 Å². The fraction of sp³-hybridized carbons (Fsp3) is 0.235. The minimum atomic E-state index is -0.205. The van der Waals surface area contributed by atoms with Gasteiger partial charge in [-0.3, -0.25) is 4.79 Å². The molecule has 1 aromatic carbocycles. The van der Waals surface area contributed by atoms with E-state index < -0.39 is 0 Å². The van der Waals surface area contributed by atoms with Gasteiger partial charge in [-0.2, -0.15) is 0 Å². The van der Waals surface area contributed by atoms with Gasteiger partial charge in [-0.1, -0.05) is 35.5 Å². The van der Waals surface area contributed by atoms with Crippen molar-refractivity contribution in [1.82, 2.24) is 10.1 Å². The molecule has 0 saturated heterocycles. The number of benzene rings is 1. The van der Waals surface area contributed by atoms with Crippen LogP contribution in [0.3, 0.4) is 0 Å².